The molecule has 0 unspecified atom stereocenters. The van der Waals surface area contributed by atoms with Gasteiger partial charge in [0.15, 0.2) is 11.5 Å². The van der Waals surface area contributed by atoms with E-state index in [9.17, 15) is 0 Å². The van der Waals surface area contributed by atoms with Gasteiger partial charge in [-0.05, 0) is 124 Å². The van der Waals surface area contributed by atoms with Gasteiger partial charge in [-0.15, -0.1) is 0 Å². The zero-order chi connectivity index (χ0) is 42.9. The van der Waals surface area contributed by atoms with Crippen molar-refractivity contribution in [3.63, 3.8) is 0 Å². The third-order valence-electron chi connectivity index (χ3n) is 11.7. The highest BCUT2D eigenvalue weighted by Crippen LogP contribution is 2.53. The van der Waals surface area contributed by atoms with Crippen LogP contribution < -0.4 is 19.3 Å². The van der Waals surface area contributed by atoms with E-state index in [1.807, 2.05) is 12.3 Å². The molecule has 6 aromatic carbocycles. The quantitative estimate of drug-likeness (QED) is 0.160. The summed E-state index contributed by atoms with van der Waals surface area (Å²) in [5, 5.41) is 1.62. The molecular formula is C54H57ClN2O3. The van der Waals surface area contributed by atoms with Crippen molar-refractivity contribution in [2.75, 3.05) is 16.6 Å². The van der Waals surface area contributed by atoms with Gasteiger partial charge in [-0.2, -0.15) is 0 Å². The molecule has 0 spiro atoms. The highest BCUT2D eigenvalue weighted by atomic mass is 35.5. The number of halogens is 1. The molecule has 0 fully saturated rings. The van der Waals surface area contributed by atoms with E-state index in [1.54, 1.807) is 0 Å². The molecule has 0 amide bonds. The zero-order valence-corrected chi connectivity index (χ0v) is 37.9. The molecule has 5 nitrogen and oxygen atoms in total. The van der Waals surface area contributed by atoms with Crippen LogP contribution in [0.5, 0.6) is 11.5 Å². The van der Waals surface area contributed by atoms with Crippen LogP contribution >= 0.6 is 11.6 Å². The summed E-state index contributed by atoms with van der Waals surface area (Å²) >= 11 is 8.05. The van der Waals surface area contributed by atoms with Crippen LogP contribution in [-0.2, 0) is 16.2 Å². The Hall–Kier alpha value is -5.65. The molecule has 0 bridgehead atoms. The van der Waals surface area contributed by atoms with Gasteiger partial charge >= 0.3 is 0 Å². The van der Waals surface area contributed by atoms with Gasteiger partial charge in [0.25, 0.3) is 0 Å². The third kappa shape index (κ3) is 7.65. The van der Waals surface area contributed by atoms with E-state index < -0.39 is 0 Å². The van der Waals surface area contributed by atoms with Gasteiger partial charge in [-0.1, -0.05) is 129 Å². The predicted molar refractivity (Wildman–Crippen MR) is 252 cm³/mol. The molecule has 1 aliphatic heterocycles. The van der Waals surface area contributed by atoms with Crippen molar-refractivity contribution in [2.24, 2.45) is 0 Å². The van der Waals surface area contributed by atoms with Gasteiger partial charge in [0.2, 0.25) is 6.79 Å². The average molecular weight is 818 g/mol. The smallest absolute Gasteiger partial charge is 0.231 e. The first-order valence-electron chi connectivity index (χ1n) is 20.9. The highest BCUT2D eigenvalue weighted by molar-refractivity contribution is 6.37. The van der Waals surface area contributed by atoms with Crippen molar-refractivity contribution >= 4 is 56.7 Å². The minimum Gasteiger partial charge on any atom is -0.462 e. The number of ether oxygens (including phenoxy) is 2. The Kier molecular flexibility index (Phi) is 10.4. The van der Waals surface area contributed by atoms with Crippen LogP contribution in [-0.4, -0.2) is 6.79 Å². The molecule has 1 aliphatic rings. The summed E-state index contributed by atoms with van der Waals surface area (Å²) < 4.78 is 18.2. The molecule has 7 aromatic rings. The lowest BCUT2D eigenvalue weighted by Crippen LogP contribution is -2.18. The van der Waals surface area contributed by atoms with Gasteiger partial charge in [0.1, 0.15) is 11.8 Å². The van der Waals surface area contributed by atoms with Crippen molar-refractivity contribution in [1.82, 2.24) is 0 Å². The maximum Gasteiger partial charge on any atom is 0.231 e. The van der Waals surface area contributed by atoms with Crippen LogP contribution in [0.3, 0.4) is 0 Å². The number of fused-ring (bicyclic) bond motifs is 2. The van der Waals surface area contributed by atoms with Crippen LogP contribution in [0.25, 0.3) is 22.1 Å². The number of aryl methyl sites for hydroxylation is 3. The summed E-state index contributed by atoms with van der Waals surface area (Å²) in [5.74, 6) is 1.42. The Balaban J connectivity index is 1.45. The van der Waals surface area contributed by atoms with Crippen molar-refractivity contribution < 1.29 is 13.9 Å². The summed E-state index contributed by atoms with van der Waals surface area (Å²) in [5.41, 5.74) is 15.5. The fourth-order valence-electron chi connectivity index (χ4n) is 8.30. The molecule has 0 aliphatic carbocycles. The fourth-order valence-corrected chi connectivity index (χ4v) is 8.58. The fraction of sp³-hybridized carbons (Fsp3) is 0.296. The first kappa shape index (κ1) is 41.1. The molecule has 0 radical (unpaired) electrons. The van der Waals surface area contributed by atoms with Gasteiger partial charge in [-0.25, -0.2) is 0 Å². The van der Waals surface area contributed by atoms with Crippen LogP contribution in [0, 0.1) is 20.8 Å². The molecule has 8 rings (SSSR count). The van der Waals surface area contributed by atoms with Crippen LogP contribution in [0.1, 0.15) is 95.7 Å². The Bertz CT molecular complexity index is 2720. The van der Waals surface area contributed by atoms with Crippen molar-refractivity contribution in [3.8, 4) is 22.6 Å². The average Bonchev–Trinajstić information content (AvgIpc) is 3.84. The molecule has 308 valence electrons. The SMILES string of the molecule is Cc1cc(N(c2ccc3c(c2)OCO3)c2ccc(C(C)(C)C)cc2-c2ccccc2)c(Cl)c(N(c2c(C)cc(C(C)(C)C)cc2C)c2coc3ccc(C(C)(C)C)cc23)c1. The predicted octanol–water partition coefficient (Wildman–Crippen LogP) is 16.2. The van der Waals surface area contributed by atoms with Gasteiger partial charge < -0.3 is 23.7 Å². The first-order valence-corrected chi connectivity index (χ1v) is 21.3. The maximum absolute atomic E-state index is 8.05. The Morgan fingerprint density at radius 3 is 1.78 bits per heavy atom. The second kappa shape index (κ2) is 15.1. The molecule has 6 heteroatoms. The lowest BCUT2D eigenvalue weighted by Gasteiger charge is -2.34. The van der Waals surface area contributed by atoms with E-state index in [0.717, 1.165) is 78.7 Å². The molecule has 0 atom stereocenters. The minimum absolute atomic E-state index is 0.0267. The Labute approximate surface area is 361 Å². The first-order chi connectivity index (χ1) is 28.3. The van der Waals surface area contributed by atoms with Gasteiger partial charge in [0, 0.05) is 17.0 Å². The van der Waals surface area contributed by atoms with E-state index in [0.29, 0.717) is 10.8 Å². The molecule has 1 aromatic heterocycles. The lowest BCUT2D eigenvalue weighted by molar-refractivity contribution is 0.174. The summed E-state index contributed by atoms with van der Waals surface area (Å²) in [6.45, 7) is 27.1. The normalized spacial score (nSPS) is 12.9. The largest absolute Gasteiger partial charge is 0.462 e. The van der Waals surface area contributed by atoms with E-state index >= 15 is 0 Å². The summed E-state index contributed by atoms with van der Waals surface area (Å²) in [7, 11) is 0. The molecule has 60 heavy (non-hydrogen) atoms. The topological polar surface area (TPSA) is 38.1 Å². The number of anilines is 6. The molecule has 0 saturated carbocycles. The lowest BCUT2D eigenvalue weighted by atomic mass is 9.84. The maximum atomic E-state index is 8.05. The van der Waals surface area contributed by atoms with E-state index in [-0.39, 0.29) is 23.0 Å². The number of furan rings is 1. The number of rotatable bonds is 7. The van der Waals surface area contributed by atoms with Gasteiger partial charge in [-0.3, -0.25) is 0 Å². The second-order valence-corrected chi connectivity index (χ2v) is 19.8. The van der Waals surface area contributed by atoms with Crippen LogP contribution in [0.4, 0.5) is 34.1 Å². The van der Waals surface area contributed by atoms with E-state index in [4.69, 9.17) is 25.5 Å². The minimum atomic E-state index is -0.0707. The van der Waals surface area contributed by atoms with Crippen molar-refractivity contribution in [1.29, 1.82) is 0 Å². The summed E-state index contributed by atoms with van der Waals surface area (Å²) in [4.78, 5) is 4.61. The number of nitrogens with zero attached hydrogens (tertiary/aromatic N) is 2. The van der Waals surface area contributed by atoms with E-state index in [1.165, 1.54) is 16.7 Å². The molecule has 2 heterocycles. The Morgan fingerprint density at radius 2 is 1.13 bits per heavy atom. The standard InChI is InChI=1S/C54H57ClN2O3/c1-33-24-44(56(40-20-23-48-49(30-40)60-32-59-48)43-21-18-37(52(4,5)6)28-41(43)36-16-14-13-15-17-36)50(55)45(25-33)57(51-34(2)26-39(27-35(51)3)54(10,11)12)46-31-58-47-22-19-38(29-42(46)47)53(7,8)9/h13-31H,32H2,1-12H3. The summed E-state index contributed by atoms with van der Waals surface area (Å²) in [6, 6.07) is 39.1. The Morgan fingerprint density at radius 1 is 0.533 bits per heavy atom. The highest BCUT2D eigenvalue weighted by Gasteiger charge is 2.31. The molecule has 0 saturated heterocycles. The summed E-state index contributed by atoms with van der Waals surface area (Å²) in [6.07, 6.45) is 1.89. The van der Waals surface area contributed by atoms with Gasteiger partial charge in [0.05, 0.1) is 39.1 Å². The van der Waals surface area contributed by atoms with Crippen LogP contribution in [0.15, 0.2) is 120 Å². The van der Waals surface area contributed by atoms with Crippen LogP contribution in [0.2, 0.25) is 5.02 Å². The molecule has 0 N–H and O–H groups in total. The third-order valence-corrected chi connectivity index (χ3v) is 12.1. The second-order valence-electron chi connectivity index (χ2n) is 19.5. The monoisotopic (exact) mass is 816 g/mol. The number of benzene rings is 6. The van der Waals surface area contributed by atoms with Crippen molar-refractivity contribution in [3.05, 3.63) is 154 Å². The zero-order valence-electron chi connectivity index (χ0n) is 37.2. The number of hydrogen-bond donors (Lipinski definition) is 0. The van der Waals surface area contributed by atoms with Crippen molar-refractivity contribution in [2.45, 2.75) is 99.3 Å². The molecular weight excluding hydrogens is 760 g/mol. The number of hydrogen-bond acceptors (Lipinski definition) is 5. The van der Waals surface area contributed by atoms with E-state index in [2.05, 4.69) is 196 Å².